The fourth-order valence-corrected chi connectivity index (χ4v) is 8.33. The summed E-state index contributed by atoms with van der Waals surface area (Å²) in [5.41, 5.74) is -0.0301. The summed E-state index contributed by atoms with van der Waals surface area (Å²) in [4.78, 5) is 0. The van der Waals surface area contributed by atoms with E-state index in [-0.39, 0.29) is 50.8 Å². The molecule has 2 aromatic heterocycles. The van der Waals surface area contributed by atoms with Gasteiger partial charge in [-0.2, -0.15) is 52.7 Å². The van der Waals surface area contributed by atoms with Crippen LogP contribution >= 0.6 is 0 Å². The number of aromatic nitrogens is 2. The molecule has 9 rings (SSSR count). The van der Waals surface area contributed by atoms with Crippen molar-refractivity contribution in [2.45, 2.75) is 12.4 Å². The molecule has 7 aromatic carbocycles. The second-order valence-electron chi connectivity index (χ2n) is 14.3. The van der Waals surface area contributed by atoms with Gasteiger partial charge in [0.25, 0.3) is 0 Å². The number of rotatable bonds is 4. The molecule has 0 spiro atoms. The summed E-state index contributed by atoms with van der Waals surface area (Å²) in [6, 6.07) is 40.8. The van der Waals surface area contributed by atoms with Crippen LogP contribution in [0.25, 0.3) is 77.2 Å². The van der Waals surface area contributed by atoms with Gasteiger partial charge in [0.1, 0.15) is 0 Å². The van der Waals surface area contributed by atoms with Crippen LogP contribution in [-0.4, -0.2) is 9.13 Å². The van der Waals surface area contributed by atoms with E-state index in [9.17, 15) is 39.5 Å². The molecule has 0 bridgehead atoms. The van der Waals surface area contributed by atoms with E-state index in [1.165, 1.54) is 18.2 Å². The van der Waals surface area contributed by atoms with Gasteiger partial charge in [0.2, 0.25) is 0 Å². The van der Waals surface area contributed by atoms with Crippen LogP contribution in [0.1, 0.15) is 38.9 Å². The van der Waals surface area contributed by atoms with Crippen molar-refractivity contribution in [2.24, 2.45) is 0 Å². The third kappa shape index (κ3) is 6.03. The van der Waals surface area contributed by atoms with Gasteiger partial charge in [0, 0.05) is 32.7 Å². The van der Waals surface area contributed by atoms with E-state index in [0.29, 0.717) is 60.8 Å². The van der Waals surface area contributed by atoms with Gasteiger partial charge in [-0.3, -0.25) is 0 Å². The van der Waals surface area contributed by atoms with Gasteiger partial charge in [-0.15, -0.1) is 0 Å². The molecule has 9 aromatic rings. The second-order valence-corrected chi connectivity index (χ2v) is 14.3. The molecule has 0 radical (unpaired) electrons. The largest absolute Gasteiger partial charge is 0.417 e. The Labute approximate surface area is 347 Å². The van der Waals surface area contributed by atoms with E-state index in [2.05, 4.69) is 30.3 Å². The van der Waals surface area contributed by atoms with Gasteiger partial charge in [0.05, 0.1) is 103 Å². The zero-order chi connectivity index (χ0) is 43.7. The number of hydrogen-bond donors (Lipinski definition) is 0. The fraction of sp³-hybridized carbons (Fsp3) is 0.0408. The van der Waals surface area contributed by atoms with E-state index in [4.69, 9.17) is 0 Å². The molecule has 13 heteroatoms. The molecule has 0 unspecified atom stereocenters. The molecule has 0 aliphatic carbocycles. The van der Waals surface area contributed by atoms with Crippen molar-refractivity contribution in [3.8, 4) is 64.0 Å². The Morgan fingerprint density at radius 2 is 0.806 bits per heavy atom. The standard InChI is InChI=1S/C49H21F6N7/c50-48(51,52)32-11-12-33(39(21-32)49(53,54)55)34-4-2-6-45(62-42-15-9-29(24-58)19-37(42)38-20-30(25-59)10-16-43(38)62)47(34)46-31(26-60)3-1-5-44(46)61-40-13-7-27(22-56)17-35(40)36-18-28(23-57)8-14-41(36)61/h1-21H. The lowest BCUT2D eigenvalue weighted by Crippen LogP contribution is -2.13. The number of benzene rings is 7. The first-order valence-corrected chi connectivity index (χ1v) is 18.5. The summed E-state index contributed by atoms with van der Waals surface area (Å²) < 4.78 is 91.2. The van der Waals surface area contributed by atoms with E-state index in [1.807, 2.05) is 0 Å². The summed E-state index contributed by atoms with van der Waals surface area (Å²) in [5.74, 6) is 0. The smallest absolute Gasteiger partial charge is 0.309 e. The van der Waals surface area contributed by atoms with Gasteiger partial charge >= 0.3 is 12.4 Å². The molecule has 7 nitrogen and oxygen atoms in total. The van der Waals surface area contributed by atoms with Gasteiger partial charge in [-0.1, -0.05) is 24.3 Å². The Balaban J connectivity index is 1.51. The maximum absolute atomic E-state index is 15.2. The molecule has 0 N–H and O–H groups in total. The van der Waals surface area contributed by atoms with Crippen LogP contribution in [0, 0.1) is 56.7 Å². The maximum Gasteiger partial charge on any atom is 0.417 e. The van der Waals surface area contributed by atoms with Crippen LogP contribution in [0.3, 0.4) is 0 Å². The predicted octanol–water partition coefficient (Wildman–Crippen LogP) is 12.6. The van der Waals surface area contributed by atoms with E-state index in [0.717, 1.165) is 6.07 Å². The van der Waals surface area contributed by atoms with Gasteiger partial charge in [-0.25, -0.2) is 0 Å². The molecule has 62 heavy (non-hydrogen) atoms. The van der Waals surface area contributed by atoms with Crippen LogP contribution in [0.15, 0.2) is 127 Å². The quantitative estimate of drug-likeness (QED) is 0.163. The highest BCUT2D eigenvalue weighted by Crippen LogP contribution is 2.49. The number of alkyl halides is 6. The zero-order valence-corrected chi connectivity index (χ0v) is 31.5. The predicted molar refractivity (Wildman–Crippen MR) is 220 cm³/mol. The third-order valence-corrected chi connectivity index (χ3v) is 10.9. The van der Waals surface area contributed by atoms with Gasteiger partial charge in [-0.05, 0) is 114 Å². The summed E-state index contributed by atoms with van der Waals surface area (Å²) in [7, 11) is 0. The Kier molecular flexibility index (Phi) is 8.84. The minimum absolute atomic E-state index is 0.00624. The van der Waals surface area contributed by atoms with Crippen molar-refractivity contribution in [1.82, 2.24) is 9.13 Å². The Morgan fingerprint density at radius 3 is 1.19 bits per heavy atom. The van der Waals surface area contributed by atoms with Crippen LogP contribution in [-0.2, 0) is 12.4 Å². The lowest BCUT2D eigenvalue weighted by Gasteiger charge is -2.24. The van der Waals surface area contributed by atoms with Crippen molar-refractivity contribution in [3.63, 3.8) is 0 Å². The molecular formula is C49H21F6N7. The normalized spacial score (nSPS) is 11.6. The summed E-state index contributed by atoms with van der Waals surface area (Å²) >= 11 is 0. The molecule has 0 saturated carbocycles. The Bertz CT molecular complexity index is 3490. The van der Waals surface area contributed by atoms with Crippen LogP contribution < -0.4 is 0 Å². The summed E-state index contributed by atoms with van der Waals surface area (Å²) in [6.07, 6.45) is -10.4. The highest BCUT2D eigenvalue weighted by Gasteiger charge is 2.39. The Hall–Kier alpha value is -8.83. The summed E-state index contributed by atoms with van der Waals surface area (Å²) in [6.45, 7) is 0. The first-order chi connectivity index (χ1) is 29.8. The molecule has 0 atom stereocenters. The van der Waals surface area contributed by atoms with Gasteiger partial charge in [0.15, 0.2) is 0 Å². The molecule has 0 fully saturated rings. The summed E-state index contributed by atoms with van der Waals surface area (Å²) in [5, 5.41) is 52.5. The number of nitrogens with zero attached hydrogens (tertiary/aromatic N) is 7. The van der Waals surface area contributed by atoms with Crippen molar-refractivity contribution in [2.75, 3.05) is 0 Å². The Morgan fingerprint density at radius 1 is 0.387 bits per heavy atom. The first kappa shape index (κ1) is 38.7. The molecule has 0 aliphatic heterocycles. The number of fused-ring (bicyclic) bond motifs is 6. The molecule has 0 amide bonds. The van der Waals surface area contributed by atoms with E-state index < -0.39 is 29.0 Å². The van der Waals surface area contributed by atoms with Crippen molar-refractivity contribution < 1.29 is 26.3 Å². The number of nitriles is 5. The minimum Gasteiger partial charge on any atom is -0.309 e. The fourth-order valence-electron chi connectivity index (χ4n) is 8.33. The molecule has 2 heterocycles. The highest BCUT2D eigenvalue weighted by atomic mass is 19.4. The van der Waals surface area contributed by atoms with Crippen molar-refractivity contribution >= 4 is 43.6 Å². The lowest BCUT2D eigenvalue weighted by atomic mass is 9.86. The van der Waals surface area contributed by atoms with Crippen LogP contribution in [0.5, 0.6) is 0 Å². The van der Waals surface area contributed by atoms with Crippen molar-refractivity contribution in [1.29, 1.82) is 26.3 Å². The number of halogens is 6. The van der Waals surface area contributed by atoms with E-state index >= 15 is 13.2 Å². The second kappa shape index (κ2) is 14.2. The molecule has 0 aliphatic rings. The maximum atomic E-state index is 15.2. The monoisotopic (exact) mass is 821 g/mol. The minimum atomic E-state index is -5.28. The van der Waals surface area contributed by atoms with Crippen LogP contribution in [0.2, 0.25) is 0 Å². The zero-order valence-electron chi connectivity index (χ0n) is 31.5. The lowest BCUT2D eigenvalue weighted by molar-refractivity contribution is -0.142. The topological polar surface area (TPSA) is 129 Å². The average molecular weight is 822 g/mol. The van der Waals surface area contributed by atoms with Crippen LogP contribution in [0.4, 0.5) is 26.3 Å². The average Bonchev–Trinajstić information content (AvgIpc) is 3.78. The SMILES string of the molecule is N#Cc1ccc2c(c1)c1cc(C#N)ccc1n2-c1cccc(C#N)c1-c1c(-c2ccc(C(F)(F)F)cc2C(F)(F)F)cccc1-n1c2ccc(C#N)cc2c2cc(C#N)ccc21. The van der Waals surface area contributed by atoms with E-state index in [1.54, 1.807) is 100 Å². The molecule has 294 valence electrons. The van der Waals surface area contributed by atoms with Gasteiger partial charge < -0.3 is 9.13 Å². The first-order valence-electron chi connectivity index (χ1n) is 18.5. The third-order valence-electron chi connectivity index (χ3n) is 10.9. The highest BCUT2D eigenvalue weighted by molar-refractivity contribution is 6.13. The molecule has 0 saturated heterocycles. The number of hydrogen-bond acceptors (Lipinski definition) is 5. The van der Waals surface area contributed by atoms with Crippen molar-refractivity contribution in [3.05, 3.63) is 166 Å². The molecular weight excluding hydrogens is 801 g/mol.